The Morgan fingerprint density at radius 3 is 3.00 bits per heavy atom. The van der Waals surface area contributed by atoms with Gasteiger partial charge in [-0.25, -0.2) is 4.98 Å². The van der Waals surface area contributed by atoms with Crippen LogP contribution in [0.4, 0.5) is 11.5 Å². The summed E-state index contributed by atoms with van der Waals surface area (Å²) >= 11 is 1.81. The van der Waals surface area contributed by atoms with Gasteiger partial charge in [-0.15, -0.1) is 0 Å². The van der Waals surface area contributed by atoms with E-state index < -0.39 is 0 Å². The molecule has 0 atom stereocenters. The van der Waals surface area contributed by atoms with Crippen LogP contribution in [0.2, 0.25) is 0 Å². The lowest BCUT2D eigenvalue weighted by Gasteiger charge is -2.07. The van der Waals surface area contributed by atoms with E-state index in [1.807, 2.05) is 24.8 Å². The molecule has 72 valence electrons. The fourth-order valence-corrected chi connectivity index (χ4v) is 1.36. The molecule has 0 radical (unpaired) electrons. The van der Waals surface area contributed by atoms with Crippen molar-refractivity contribution in [3.05, 3.63) is 17.8 Å². The van der Waals surface area contributed by atoms with Crippen molar-refractivity contribution >= 4 is 23.3 Å². The summed E-state index contributed by atoms with van der Waals surface area (Å²) in [5.41, 5.74) is 7.40. The van der Waals surface area contributed by atoms with Crippen molar-refractivity contribution in [2.45, 2.75) is 6.92 Å². The predicted octanol–water partition coefficient (Wildman–Crippen LogP) is 1.75. The first kappa shape index (κ1) is 10.2. The number of rotatable bonds is 4. The Labute approximate surface area is 83.1 Å². The highest BCUT2D eigenvalue weighted by molar-refractivity contribution is 7.98. The van der Waals surface area contributed by atoms with Gasteiger partial charge in [0.2, 0.25) is 0 Å². The molecular weight excluding hydrogens is 182 g/mol. The third kappa shape index (κ3) is 3.14. The van der Waals surface area contributed by atoms with Gasteiger partial charge in [-0.2, -0.15) is 11.8 Å². The van der Waals surface area contributed by atoms with Crippen LogP contribution in [0.3, 0.4) is 0 Å². The second-order valence-electron chi connectivity index (χ2n) is 2.85. The Kier molecular flexibility index (Phi) is 3.89. The van der Waals surface area contributed by atoms with Gasteiger partial charge < -0.3 is 11.1 Å². The molecule has 3 nitrogen and oxygen atoms in total. The van der Waals surface area contributed by atoms with Gasteiger partial charge in [0.15, 0.2) is 0 Å². The van der Waals surface area contributed by atoms with E-state index >= 15 is 0 Å². The SMILES string of the molecule is CSCCNc1ncc(N)cc1C. The quantitative estimate of drug-likeness (QED) is 0.722. The topological polar surface area (TPSA) is 50.9 Å². The maximum Gasteiger partial charge on any atom is 0.129 e. The third-order valence-electron chi connectivity index (χ3n) is 1.70. The van der Waals surface area contributed by atoms with Gasteiger partial charge in [0.25, 0.3) is 0 Å². The summed E-state index contributed by atoms with van der Waals surface area (Å²) in [5.74, 6) is 2.02. The van der Waals surface area contributed by atoms with E-state index in [1.165, 1.54) is 0 Å². The monoisotopic (exact) mass is 197 g/mol. The zero-order chi connectivity index (χ0) is 9.68. The first-order valence-corrected chi connectivity index (χ1v) is 5.58. The molecular formula is C9H15N3S. The fourth-order valence-electron chi connectivity index (χ4n) is 1.05. The van der Waals surface area contributed by atoms with Gasteiger partial charge in [0, 0.05) is 12.3 Å². The number of hydrogen-bond acceptors (Lipinski definition) is 4. The number of pyridine rings is 1. The van der Waals surface area contributed by atoms with E-state index in [1.54, 1.807) is 6.20 Å². The molecule has 0 fully saturated rings. The summed E-state index contributed by atoms with van der Waals surface area (Å²) < 4.78 is 0. The van der Waals surface area contributed by atoms with Crippen LogP contribution in [-0.2, 0) is 0 Å². The van der Waals surface area contributed by atoms with Gasteiger partial charge in [0.05, 0.1) is 11.9 Å². The second-order valence-corrected chi connectivity index (χ2v) is 3.84. The van der Waals surface area contributed by atoms with E-state index in [0.717, 1.165) is 23.7 Å². The van der Waals surface area contributed by atoms with Crippen LogP contribution in [0.5, 0.6) is 0 Å². The second kappa shape index (κ2) is 4.97. The van der Waals surface area contributed by atoms with E-state index in [0.29, 0.717) is 5.69 Å². The van der Waals surface area contributed by atoms with Crippen molar-refractivity contribution in [2.75, 3.05) is 29.6 Å². The van der Waals surface area contributed by atoms with Gasteiger partial charge in [-0.3, -0.25) is 0 Å². The highest BCUT2D eigenvalue weighted by Gasteiger charge is 1.98. The van der Waals surface area contributed by atoms with Crippen molar-refractivity contribution in [1.29, 1.82) is 0 Å². The minimum atomic E-state index is 0.716. The molecule has 0 aliphatic rings. The lowest BCUT2D eigenvalue weighted by Crippen LogP contribution is -2.07. The highest BCUT2D eigenvalue weighted by Crippen LogP contribution is 2.13. The normalized spacial score (nSPS) is 10.0. The molecule has 3 N–H and O–H groups in total. The summed E-state index contributed by atoms with van der Waals surface area (Å²) in [6, 6.07) is 1.93. The molecule has 1 aromatic rings. The van der Waals surface area contributed by atoms with Crippen LogP contribution >= 0.6 is 11.8 Å². The van der Waals surface area contributed by atoms with Crippen LogP contribution < -0.4 is 11.1 Å². The molecule has 0 saturated heterocycles. The van der Waals surface area contributed by atoms with Crippen LogP contribution in [0.15, 0.2) is 12.3 Å². The molecule has 0 aliphatic heterocycles. The Bertz CT molecular complexity index is 276. The van der Waals surface area contributed by atoms with Crippen LogP contribution in [0.1, 0.15) is 5.56 Å². The van der Waals surface area contributed by atoms with E-state index in [9.17, 15) is 0 Å². The summed E-state index contributed by atoms with van der Waals surface area (Å²) in [5, 5.41) is 3.25. The lowest BCUT2D eigenvalue weighted by atomic mass is 10.2. The van der Waals surface area contributed by atoms with Crippen LogP contribution in [0, 0.1) is 6.92 Å². The largest absolute Gasteiger partial charge is 0.397 e. The zero-order valence-corrected chi connectivity index (χ0v) is 8.82. The number of nitrogens with one attached hydrogen (secondary N) is 1. The Balaban J connectivity index is 2.56. The minimum absolute atomic E-state index is 0.716. The standard InChI is InChI=1S/C9H15N3S/c1-7-5-8(10)6-12-9(7)11-3-4-13-2/h5-6H,3-4,10H2,1-2H3,(H,11,12). The average Bonchev–Trinajstić information content (AvgIpc) is 2.09. The Hall–Kier alpha value is -0.900. The van der Waals surface area contributed by atoms with Crippen molar-refractivity contribution in [3.63, 3.8) is 0 Å². The molecule has 0 unspecified atom stereocenters. The van der Waals surface area contributed by atoms with Crippen molar-refractivity contribution in [1.82, 2.24) is 4.98 Å². The zero-order valence-electron chi connectivity index (χ0n) is 8.00. The van der Waals surface area contributed by atoms with Gasteiger partial charge in [-0.1, -0.05) is 0 Å². The highest BCUT2D eigenvalue weighted by atomic mass is 32.2. The average molecular weight is 197 g/mol. The number of nitrogens with zero attached hydrogens (tertiary/aromatic N) is 1. The number of thioether (sulfide) groups is 1. The van der Waals surface area contributed by atoms with E-state index in [4.69, 9.17) is 5.73 Å². The molecule has 0 amide bonds. The van der Waals surface area contributed by atoms with Crippen molar-refractivity contribution in [3.8, 4) is 0 Å². The van der Waals surface area contributed by atoms with Crippen molar-refractivity contribution in [2.24, 2.45) is 0 Å². The van der Waals surface area contributed by atoms with Crippen LogP contribution in [0.25, 0.3) is 0 Å². The summed E-state index contributed by atoms with van der Waals surface area (Å²) in [6.45, 7) is 2.95. The first-order valence-electron chi connectivity index (χ1n) is 4.19. The Morgan fingerprint density at radius 2 is 2.38 bits per heavy atom. The predicted molar refractivity (Wildman–Crippen MR) is 60.3 cm³/mol. The van der Waals surface area contributed by atoms with Gasteiger partial charge in [-0.05, 0) is 24.8 Å². The number of hydrogen-bond donors (Lipinski definition) is 2. The number of aryl methyl sites for hydroxylation is 1. The first-order chi connectivity index (χ1) is 6.24. The molecule has 1 rings (SSSR count). The Morgan fingerprint density at radius 1 is 1.62 bits per heavy atom. The molecule has 0 spiro atoms. The molecule has 0 aliphatic carbocycles. The maximum atomic E-state index is 5.59. The number of anilines is 2. The summed E-state index contributed by atoms with van der Waals surface area (Å²) in [4.78, 5) is 4.20. The molecule has 4 heteroatoms. The van der Waals surface area contributed by atoms with E-state index in [-0.39, 0.29) is 0 Å². The minimum Gasteiger partial charge on any atom is -0.397 e. The summed E-state index contributed by atoms with van der Waals surface area (Å²) in [7, 11) is 0. The molecule has 1 heterocycles. The van der Waals surface area contributed by atoms with Gasteiger partial charge >= 0.3 is 0 Å². The summed E-state index contributed by atoms with van der Waals surface area (Å²) in [6.07, 6.45) is 3.76. The van der Waals surface area contributed by atoms with Gasteiger partial charge in [0.1, 0.15) is 5.82 Å². The molecule has 1 aromatic heterocycles. The molecule has 13 heavy (non-hydrogen) atoms. The lowest BCUT2D eigenvalue weighted by molar-refractivity contribution is 1.15. The molecule has 0 bridgehead atoms. The maximum absolute atomic E-state index is 5.59. The van der Waals surface area contributed by atoms with Crippen LogP contribution in [-0.4, -0.2) is 23.5 Å². The smallest absolute Gasteiger partial charge is 0.129 e. The third-order valence-corrected chi connectivity index (χ3v) is 2.31. The van der Waals surface area contributed by atoms with E-state index in [2.05, 4.69) is 16.6 Å². The number of nitrogen functional groups attached to an aromatic ring is 1. The molecule has 0 aromatic carbocycles. The fraction of sp³-hybridized carbons (Fsp3) is 0.444. The number of nitrogens with two attached hydrogens (primary N) is 1. The van der Waals surface area contributed by atoms with Crippen molar-refractivity contribution < 1.29 is 0 Å². The number of aromatic nitrogens is 1. The molecule has 0 saturated carbocycles.